The van der Waals surface area contributed by atoms with Crippen LogP contribution < -0.4 is 0 Å². The van der Waals surface area contributed by atoms with Crippen LogP contribution in [0.25, 0.3) is 21.8 Å². The second-order valence-electron chi connectivity index (χ2n) is 10.8. The van der Waals surface area contributed by atoms with E-state index in [1.165, 1.54) is 46.0 Å². The number of piperidine rings is 1. The summed E-state index contributed by atoms with van der Waals surface area (Å²) in [6, 6.07) is 18.6. The Bertz CT molecular complexity index is 1380. The fourth-order valence-corrected chi connectivity index (χ4v) is 7.30. The van der Waals surface area contributed by atoms with Crippen molar-refractivity contribution in [3.63, 3.8) is 0 Å². The lowest BCUT2D eigenvalue weighted by Gasteiger charge is -2.47. The second kappa shape index (κ2) is 7.86. The highest BCUT2D eigenvalue weighted by Crippen LogP contribution is 2.47. The average molecular weight is 451 g/mol. The summed E-state index contributed by atoms with van der Waals surface area (Å²) >= 11 is 0. The van der Waals surface area contributed by atoms with Crippen molar-refractivity contribution < 1.29 is 0 Å². The average Bonchev–Trinajstić information content (AvgIpc) is 3.44. The van der Waals surface area contributed by atoms with Crippen LogP contribution in [0.5, 0.6) is 0 Å². The quantitative estimate of drug-likeness (QED) is 0.376. The van der Waals surface area contributed by atoms with E-state index in [1.807, 2.05) is 0 Å². The molecule has 0 bridgehead atoms. The van der Waals surface area contributed by atoms with E-state index in [4.69, 9.17) is 0 Å². The van der Waals surface area contributed by atoms with Gasteiger partial charge in [-0.1, -0.05) is 42.5 Å². The van der Waals surface area contributed by atoms with Crippen molar-refractivity contribution >= 4 is 21.8 Å². The second-order valence-corrected chi connectivity index (χ2v) is 10.8. The molecule has 1 fully saturated rings. The maximum atomic E-state index is 4.29. The number of benzene rings is 2. The highest BCUT2D eigenvalue weighted by molar-refractivity contribution is 5.86. The normalized spacial score (nSPS) is 27.4. The minimum Gasteiger partial charge on any atom is -0.357 e. The molecule has 0 amide bonds. The molecule has 5 heterocycles. The number of H-pyrrole nitrogens is 2. The fraction of sp³-hybridized carbons (Fsp3) is 0.400. The van der Waals surface area contributed by atoms with Gasteiger partial charge in [-0.05, 0) is 67.8 Å². The van der Waals surface area contributed by atoms with Gasteiger partial charge in [0.25, 0.3) is 0 Å². The first-order chi connectivity index (χ1) is 16.7. The highest BCUT2D eigenvalue weighted by Gasteiger charge is 2.41. The lowest BCUT2D eigenvalue weighted by atomic mass is 9.74. The van der Waals surface area contributed by atoms with Crippen LogP contribution in [0.2, 0.25) is 0 Å². The van der Waals surface area contributed by atoms with Crippen LogP contribution in [0.1, 0.15) is 47.4 Å². The number of aromatic nitrogens is 2. The van der Waals surface area contributed by atoms with E-state index in [9.17, 15) is 0 Å². The molecule has 174 valence electrons. The molecule has 1 unspecified atom stereocenters. The lowest BCUT2D eigenvalue weighted by Crippen LogP contribution is -2.46. The number of hydrogen-bond donors (Lipinski definition) is 2. The monoisotopic (exact) mass is 450 g/mol. The molecule has 4 aromatic rings. The van der Waals surface area contributed by atoms with Crippen LogP contribution in [0.4, 0.5) is 0 Å². The van der Waals surface area contributed by atoms with Gasteiger partial charge in [-0.25, -0.2) is 0 Å². The Balaban J connectivity index is 1.23. The lowest BCUT2D eigenvalue weighted by molar-refractivity contribution is 0.0515. The first-order valence-corrected chi connectivity index (χ1v) is 13.0. The van der Waals surface area contributed by atoms with Gasteiger partial charge in [0, 0.05) is 52.8 Å². The molecule has 4 atom stereocenters. The summed E-state index contributed by atoms with van der Waals surface area (Å²) in [5, 5.41) is 2.84. The van der Waals surface area contributed by atoms with Crippen molar-refractivity contribution in [3.8, 4) is 0 Å². The van der Waals surface area contributed by atoms with Crippen molar-refractivity contribution in [1.82, 2.24) is 19.8 Å². The first kappa shape index (κ1) is 20.5. The summed E-state index contributed by atoms with van der Waals surface area (Å²) in [4.78, 5) is 13.0. The Kier molecular flexibility index (Phi) is 4.75. The molecule has 2 N–H and O–H groups in total. The Hall–Kier alpha value is -2.82. The largest absolute Gasteiger partial charge is 0.357 e. The number of hydrogen-bond acceptors (Lipinski definition) is 2. The van der Waals surface area contributed by atoms with Crippen molar-refractivity contribution in [2.75, 3.05) is 26.7 Å². The zero-order chi connectivity index (χ0) is 22.8. The third-order valence-corrected chi connectivity index (χ3v) is 9.10. The smallest absolute Gasteiger partial charge is 0.0504 e. The van der Waals surface area contributed by atoms with Crippen molar-refractivity contribution in [2.24, 2.45) is 11.8 Å². The summed E-state index contributed by atoms with van der Waals surface area (Å²) < 4.78 is 0. The van der Waals surface area contributed by atoms with Gasteiger partial charge in [0.05, 0.1) is 12.1 Å². The number of rotatable bonds is 3. The molecule has 0 spiro atoms. The van der Waals surface area contributed by atoms with Crippen molar-refractivity contribution in [1.29, 1.82) is 0 Å². The molecule has 0 radical (unpaired) electrons. The molecule has 7 rings (SSSR count). The van der Waals surface area contributed by atoms with Crippen LogP contribution >= 0.6 is 0 Å². The van der Waals surface area contributed by atoms with Crippen LogP contribution in [0, 0.1) is 11.8 Å². The van der Waals surface area contributed by atoms with Crippen LogP contribution in [0.3, 0.4) is 0 Å². The van der Waals surface area contributed by atoms with E-state index >= 15 is 0 Å². The molecular weight excluding hydrogens is 416 g/mol. The molecule has 34 heavy (non-hydrogen) atoms. The topological polar surface area (TPSA) is 38.1 Å². The minimum absolute atomic E-state index is 0.445. The molecule has 2 aromatic carbocycles. The van der Waals surface area contributed by atoms with Gasteiger partial charge in [0.1, 0.15) is 0 Å². The molecule has 2 aromatic heterocycles. The van der Waals surface area contributed by atoms with Gasteiger partial charge in [-0.15, -0.1) is 6.58 Å². The Morgan fingerprint density at radius 2 is 1.56 bits per heavy atom. The van der Waals surface area contributed by atoms with Gasteiger partial charge in [-0.3, -0.25) is 9.80 Å². The summed E-state index contributed by atoms with van der Waals surface area (Å²) in [5.74, 6) is 1.17. The van der Waals surface area contributed by atoms with Gasteiger partial charge in [0.15, 0.2) is 0 Å². The summed E-state index contributed by atoms with van der Waals surface area (Å²) in [6.07, 6.45) is 6.92. The Morgan fingerprint density at radius 3 is 2.29 bits per heavy atom. The predicted octanol–water partition coefficient (Wildman–Crippen LogP) is 5.99. The SMILES string of the molecule is C=CC1CN2CCc3c([nH]c4ccccc34)[C@@H]2C[C@@H]1C[C@H]1c2[nH]c3ccccc3c2CCN1C. The summed E-state index contributed by atoms with van der Waals surface area (Å²) in [7, 11) is 2.31. The van der Waals surface area contributed by atoms with Crippen LogP contribution in [-0.4, -0.2) is 46.4 Å². The number of para-hydroxylation sites is 2. The molecule has 4 heteroatoms. The molecular formula is C30H34N4. The fourth-order valence-electron chi connectivity index (χ4n) is 7.30. The van der Waals surface area contributed by atoms with Gasteiger partial charge in [0.2, 0.25) is 0 Å². The molecule has 3 aliphatic heterocycles. The summed E-state index contributed by atoms with van der Waals surface area (Å²) in [5.41, 5.74) is 8.62. The third-order valence-electron chi connectivity index (χ3n) is 9.10. The number of aromatic amines is 2. The van der Waals surface area contributed by atoms with E-state index in [1.54, 1.807) is 11.1 Å². The van der Waals surface area contributed by atoms with E-state index in [-0.39, 0.29) is 0 Å². The predicted molar refractivity (Wildman–Crippen MR) is 140 cm³/mol. The minimum atomic E-state index is 0.445. The molecule has 1 saturated heterocycles. The molecule has 3 aliphatic rings. The summed E-state index contributed by atoms with van der Waals surface area (Å²) in [6.45, 7) is 7.71. The highest BCUT2D eigenvalue weighted by atomic mass is 15.2. The van der Waals surface area contributed by atoms with Crippen molar-refractivity contribution in [3.05, 3.63) is 83.7 Å². The molecule has 4 nitrogen and oxygen atoms in total. The number of fused-ring (bicyclic) bond motifs is 8. The standard InChI is InChI=1S/C30H34N4/c1-3-19-18-34-15-13-24-22-9-5-7-11-26(22)32-30(24)28(34)17-20(19)16-27-29-23(12-14-33(27)2)21-8-4-6-10-25(21)31-29/h3-11,19-20,27-28,31-32H,1,12-18H2,2H3/t19?,20-,27-,28-/m0/s1. The van der Waals surface area contributed by atoms with Crippen LogP contribution in [0.15, 0.2) is 61.2 Å². The Morgan fingerprint density at radius 1 is 0.912 bits per heavy atom. The first-order valence-electron chi connectivity index (χ1n) is 13.0. The van der Waals surface area contributed by atoms with Gasteiger partial charge >= 0.3 is 0 Å². The Labute approximate surface area is 201 Å². The third kappa shape index (κ3) is 3.05. The number of likely N-dealkylation sites (N-methyl/N-ethyl adjacent to an activating group) is 1. The van der Waals surface area contributed by atoms with E-state index in [0.29, 0.717) is 23.9 Å². The van der Waals surface area contributed by atoms with E-state index < -0.39 is 0 Å². The molecule has 0 saturated carbocycles. The van der Waals surface area contributed by atoms with Gasteiger partial charge < -0.3 is 9.97 Å². The van der Waals surface area contributed by atoms with Gasteiger partial charge in [-0.2, -0.15) is 0 Å². The number of nitrogens with one attached hydrogen (secondary N) is 2. The van der Waals surface area contributed by atoms with Crippen molar-refractivity contribution in [2.45, 2.75) is 37.8 Å². The zero-order valence-electron chi connectivity index (χ0n) is 20.1. The van der Waals surface area contributed by atoms with E-state index in [0.717, 1.165) is 32.5 Å². The molecule has 0 aliphatic carbocycles. The number of nitrogens with zero attached hydrogens (tertiary/aromatic N) is 2. The van der Waals surface area contributed by atoms with E-state index in [2.05, 4.69) is 88.0 Å². The van der Waals surface area contributed by atoms with Crippen LogP contribution in [-0.2, 0) is 12.8 Å². The maximum Gasteiger partial charge on any atom is 0.0504 e. The zero-order valence-corrected chi connectivity index (χ0v) is 20.1. The maximum absolute atomic E-state index is 4.29.